The summed E-state index contributed by atoms with van der Waals surface area (Å²) in [5.74, 6) is 0.826. The van der Waals surface area contributed by atoms with Crippen molar-refractivity contribution in [3.63, 3.8) is 0 Å². The highest BCUT2D eigenvalue weighted by Crippen LogP contribution is 2.43. The number of rotatable bonds is 8. The number of nitrogens with one attached hydrogen (secondary N) is 1. The lowest BCUT2D eigenvalue weighted by atomic mass is 10.1. The van der Waals surface area contributed by atoms with Crippen LogP contribution < -0.4 is 14.8 Å². The van der Waals surface area contributed by atoms with Crippen molar-refractivity contribution in [1.82, 2.24) is 9.38 Å². The molecule has 178 valence electrons. The molecule has 0 aliphatic heterocycles. The molecule has 0 aliphatic carbocycles. The van der Waals surface area contributed by atoms with Gasteiger partial charge in [-0.05, 0) is 38.5 Å². The number of phenolic OH excluding ortho intramolecular Hbond substituents is 1. The topological polar surface area (TPSA) is 94.3 Å². The highest BCUT2D eigenvalue weighted by atomic mass is 32.1. The number of ether oxygens (including phenoxy) is 3. The molecule has 0 saturated heterocycles. The normalized spacial score (nSPS) is 11.0. The molecule has 0 bridgehead atoms. The van der Waals surface area contributed by atoms with Gasteiger partial charge >= 0.3 is 5.97 Å². The van der Waals surface area contributed by atoms with Crippen molar-refractivity contribution in [3.8, 4) is 28.5 Å². The first kappa shape index (κ1) is 23.4. The van der Waals surface area contributed by atoms with Gasteiger partial charge in [0.05, 0.1) is 20.8 Å². The van der Waals surface area contributed by atoms with Crippen LogP contribution in [0.2, 0.25) is 0 Å². The van der Waals surface area contributed by atoms with Gasteiger partial charge in [-0.2, -0.15) is 0 Å². The lowest BCUT2D eigenvalue weighted by molar-refractivity contribution is 0.0531. The molecule has 34 heavy (non-hydrogen) atoms. The number of anilines is 1. The minimum Gasteiger partial charge on any atom is -0.502 e. The summed E-state index contributed by atoms with van der Waals surface area (Å²) in [5, 5.41) is 13.9. The zero-order chi connectivity index (χ0) is 24.4. The molecule has 0 spiro atoms. The lowest BCUT2D eigenvalue weighted by Gasteiger charge is -2.13. The van der Waals surface area contributed by atoms with E-state index in [1.807, 2.05) is 18.2 Å². The maximum absolute atomic E-state index is 12.5. The number of methoxy groups -OCH3 is 2. The Morgan fingerprint density at radius 1 is 1.12 bits per heavy atom. The van der Waals surface area contributed by atoms with E-state index in [0.29, 0.717) is 34.2 Å². The van der Waals surface area contributed by atoms with E-state index in [2.05, 4.69) is 29.6 Å². The van der Waals surface area contributed by atoms with E-state index < -0.39 is 0 Å². The van der Waals surface area contributed by atoms with Crippen molar-refractivity contribution in [2.24, 2.45) is 0 Å². The number of aromatic hydroxyl groups is 1. The number of carbonyl (C=O) groups excluding carboxylic acids is 1. The molecule has 2 heterocycles. The van der Waals surface area contributed by atoms with Gasteiger partial charge < -0.3 is 24.6 Å². The van der Waals surface area contributed by atoms with Crippen molar-refractivity contribution < 1.29 is 24.1 Å². The van der Waals surface area contributed by atoms with Gasteiger partial charge in [-0.25, -0.2) is 9.78 Å². The maximum atomic E-state index is 12.5. The SMILES string of the molecule is CCOC(=O)c1sc2nc(-c3cc(OC)c(O)c(OC)c3)c(NCc3ccc(C)cc3)n2c1C. The van der Waals surface area contributed by atoms with E-state index in [4.69, 9.17) is 19.2 Å². The Kier molecular flexibility index (Phi) is 6.65. The Labute approximate surface area is 201 Å². The molecule has 0 atom stereocenters. The van der Waals surface area contributed by atoms with Crippen LogP contribution in [-0.4, -0.2) is 41.3 Å². The first-order valence-corrected chi connectivity index (χ1v) is 11.6. The van der Waals surface area contributed by atoms with Crippen LogP contribution in [0.15, 0.2) is 36.4 Å². The third-order valence-electron chi connectivity index (χ3n) is 5.50. The molecule has 4 aromatic rings. The number of hydrogen-bond donors (Lipinski definition) is 2. The Hall–Kier alpha value is -3.72. The number of fused-ring (bicyclic) bond motifs is 1. The van der Waals surface area contributed by atoms with Crippen LogP contribution in [0.3, 0.4) is 0 Å². The number of aryl methyl sites for hydroxylation is 2. The number of hydrogen-bond acceptors (Lipinski definition) is 8. The largest absolute Gasteiger partial charge is 0.502 e. The number of nitrogens with zero attached hydrogens (tertiary/aromatic N) is 2. The summed E-state index contributed by atoms with van der Waals surface area (Å²) in [6.45, 7) is 6.56. The second kappa shape index (κ2) is 9.64. The number of aromatic nitrogens is 2. The fourth-order valence-electron chi connectivity index (χ4n) is 3.72. The maximum Gasteiger partial charge on any atom is 0.350 e. The smallest absolute Gasteiger partial charge is 0.350 e. The number of carbonyl (C=O) groups is 1. The van der Waals surface area contributed by atoms with Crippen molar-refractivity contribution in [1.29, 1.82) is 0 Å². The number of benzene rings is 2. The zero-order valence-electron chi connectivity index (χ0n) is 19.8. The van der Waals surface area contributed by atoms with Crippen LogP contribution in [0.5, 0.6) is 17.2 Å². The minimum atomic E-state index is -0.366. The van der Waals surface area contributed by atoms with E-state index in [0.717, 1.165) is 17.1 Å². The Morgan fingerprint density at radius 3 is 2.35 bits per heavy atom. The minimum absolute atomic E-state index is 0.0790. The van der Waals surface area contributed by atoms with Gasteiger partial charge in [-0.15, -0.1) is 0 Å². The average molecular weight is 482 g/mol. The van der Waals surface area contributed by atoms with Gasteiger partial charge in [0, 0.05) is 17.8 Å². The molecule has 9 heteroatoms. The van der Waals surface area contributed by atoms with Crippen LogP contribution in [-0.2, 0) is 11.3 Å². The van der Waals surface area contributed by atoms with Crippen LogP contribution in [0, 0.1) is 13.8 Å². The predicted molar refractivity (Wildman–Crippen MR) is 132 cm³/mol. The molecule has 0 saturated carbocycles. The fourth-order valence-corrected chi connectivity index (χ4v) is 4.74. The van der Waals surface area contributed by atoms with E-state index in [1.54, 1.807) is 19.1 Å². The molecular weight excluding hydrogens is 454 g/mol. The van der Waals surface area contributed by atoms with Crippen molar-refractivity contribution in [2.45, 2.75) is 27.3 Å². The Morgan fingerprint density at radius 2 is 1.76 bits per heavy atom. The zero-order valence-corrected chi connectivity index (χ0v) is 20.6. The number of phenols is 1. The van der Waals surface area contributed by atoms with E-state index in [-0.39, 0.29) is 23.2 Å². The summed E-state index contributed by atoms with van der Waals surface area (Å²) < 4.78 is 17.8. The second-order valence-corrected chi connectivity index (χ2v) is 8.71. The van der Waals surface area contributed by atoms with Crippen LogP contribution >= 0.6 is 11.3 Å². The van der Waals surface area contributed by atoms with Crippen molar-refractivity contribution >= 4 is 28.1 Å². The average Bonchev–Trinajstić information content (AvgIpc) is 3.35. The lowest BCUT2D eigenvalue weighted by Crippen LogP contribution is -2.07. The molecule has 4 rings (SSSR count). The molecule has 0 amide bonds. The molecule has 0 radical (unpaired) electrons. The van der Waals surface area contributed by atoms with Crippen LogP contribution in [0.25, 0.3) is 16.2 Å². The van der Waals surface area contributed by atoms with E-state index in [9.17, 15) is 9.90 Å². The van der Waals surface area contributed by atoms with Crippen LogP contribution in [0.4, 0.5) is 5.82 Å². The number of imidazole rings is 1. The first-order chi connectivity index (χ1) is 16.4. The summed E-state index contributed by atoms with van der Waals surface area (Å²) in [7, 11) is 2.96. The van der Waals surface area contributed by atoms with Gasteiger partial charge in [0.15, 0.2) is 16.5 Å². The standard InChI is InChI=1S/C25H27N3O5S/c1-6-33-24(30)22-15(3)28-23(26-13-16-9-7-14(2)8-10-16)20(27-25(28)34-22)17-11-18(31-4)21(29)19(12-17)32-5/h7-12,26,29H,6,13H2,1-5H3. The number of esters is 1. The first-order valence-electron chi connectivity index (χ1n) is 10.8. The highest BCUT2D eigenvalue weighted by molar-refractivity contribution is 7.19. The predicted octanol–water partition coefficient (Wildman–Crippen LogP) is 5.19. The summed E-state index contributed by atoms with van der Waals surface area (Å²) in [6, 6.07) is 11.7. The molecule has 2 aromatic heterocycles. The molecule has 2 N–H and O–H groups in total. The van der Waals surface area contributed by atoms with E-state index >= 15 is 0 Å². The molecule has 8 nitrogen and oxygen atoms in total. The molecule has 2 aromatic carbocycles. The monoisotopic (exact) mass is 481 g/mol. The van der Waals surface area contributed by atoms with Gasteiger partial charge in [-0.1, -0.05) is 41.2 Å². The van der Waals surface area contributed by atoms with E-state index in [1.165, 1.54) is 31.1 Å². The molecule has 0 aliphatic rings. The fraction of sp³-hybridized carbons (Fsp3) is 0.280. The molecular formula is C25H27N3O5S. The molecule has 0 fully saturated rings. The highest BCUT2D eigenvalue weighted by Gasteiger charge is 2.25. The van der Waals surface area contributed by atoms with Gasteiger partial charge in [0.2, 0.25) is 5.75 Å². The van der Waals surface area contributed by atoms with Crippen molar-refractivity contribution in [2.75, 3.05) is 26.1 Å². The Bertz CT molecular complexity index is 1320. The summed E-state index contributed by atoms with van der Waals surface area (Å²) in [4.78, 5) is 18.5. The molecule has 0 unspecified atom stereocenters. The summed E-state index contributed by atoms with van der Waals surface area (Å²) >= 11 is 1.27. The van der Waals surface area contributed by atoms with Gasteiger partial charge in [0.25, 0.3) is 0 Å². The van der Waals surface area contributed by atoms with Gasteiger partial charge in [-0.3, -0.25) is 4.40 Å². The second-order valence-electron chi connectivity index (χ2n) is 7.73. The summed E-state index contributed by atoms with van der Waals surface area (Å²) in [6.07, 6.45) is 0. The Balaban J connectivity index is 1.86. The summed E-state index contributed by atoms with van der Waals surface area (Å²) in [5.41, 5.74) is 4.37. The van der Waals surface area contributed by atoms with Crippen molar-refractivity contribution in [3.05, 3.63) is 58.1 Å². The third-order valence-corrected chi connectivity index (χ3v) is 6.62. The quantitative estimate of drug-likeness (QED) is 0.334. The van der Waals surface area contributed by atoms with Crippen LogP contribution in [0.1, 0.15) is 33.4 Å². The number of thiazole rings is 1. The van der Waals surface area contributed by atoms with Gasteiger partial charge in [0.1, 0.15) is 16.4 Å². The third kappa shape index (κ3) is 4.26.